The predicted octanol–water partition coefficient (Wildman–Crippen LogP) is 2.72. The summed E-state index contributed by atoms with van der Waals surface area (Å²) < 4.78 is 0. The number of urea groups is 1. The van der Waals surface area contributed by atoms with Crippen molar-refractivity contribution >= 4 is 41.8 Å². The number of fused-ring (bicyclic) bond motifs is 1. The number of carbonyl (C=O) groups excluding carboxylic acids is 5. The number of carbonyl (C=O) groups is 5. The molecule has 0 radical (unpaired) electrons. The van der Waals surface area contributed by atoms with Crippen LogP contribution in [0.15, 0.2) is 60.7 Å². The second-order valence-electron chi connectivity index (χ2n) is 11.0. The van der Waals surface area contributed by atoms with Gasteiger partial charge < -0.3 is 31.4 Å². The SMILES string of the molecule is O=C[C@H](CCCCNC(=O)CCCC[C@@H]1SC[C@@H]2NC(=O)N[C@@H]21)NC(=O)[C@H](Cc1ccccc1)NC(=O)c1ccccc1. The number of benzene rings is 2. The van der Waals surface area contributed by atoms with Crippen molar-refractivity contribution in [3.8, 4) is 0 Å². The standard InChI is InChI=1S/C32H41N5O5S/c38-20-24(15-9-10-18-33-28(39)17-8-7-16-27-29-26(21-43-27)36-32(42)37-29)34-31(41)25(19-22-11-3-1-4-12-22)35-30(40)23-13-5-2-6-14-23/h1-6,11-14,20,24-27,29H,7-10,15-19,21H2,(H,33,39)(H,34,41)(H,35,40)(H2,36,37,42)/t24-,25-,26-,27-,29-/m0/s1. The van der Waals surface area contributed by atoms with E-state index in [1.54, 1.807) is 24.3 Å². The van der Waals surface area contributed by atoms with E-state index in [-0.39, 0.29) is 36.3 Å². The van der Waals surface area contributed by atoms with Gasteiger partial charge in [-0.05, 0) is 49.8 Å². The summed E-state index contributed by atoms with van der Waals surface area (Å²) in [6, 6.07) is 16.9. The maximum Gasteiger partial charge on any atom is 0.315 e. The van der Waals surface area contributed by atoms with Crippen LogP contribution in [0.3, 0.4) is 0 Å². The van der Waals surface area contributed by atoms with Gasteiger partial charge >= 0.3 is 6.03 Å². The van der Waals surface area contributed by atoms with E-state index in [4.69, 9.17) is 0 Å². The molecule has 2 aromatic carbocycles. The molecule has 2 aromatic rings. The van der Waals surface area contributed by atoms with Crippen molar-refractivity contribution in [2.75, 3.05) is 12.3 Å². The van der Waals surface area contributed by atoms with Gasteiger partial charge in [0.2, 0.25) is 11.8 Å². The molecule has 5 amide bonds. The summed E-state index contributed by atoms with van der Waals surface area (Å²) in [5.74, 6) is 0.158. The first-order valence-corrected chi connectivity index (χ1v) is 16.1. The molecule has 5 atom stereocenters. The van der Waals surface area contributed by atoms with Gasteiger partial charge in [0.05, 0.1) is 18.1 Å². The van der Waals surface area contributed by atoms with E-state index in [9.17, 15) is 24.0 Å². The third kappa shape index (κ3) is 10.1. The van der Waals surface area contributed by atoms with E-state index in [0.717, 1.165) is 30.6 Å². The van der Waals surface area contributed by atoms with Crippen molar-refractivity contribution in [1.29, 1.82) is 0 Å². The van der Waals surface area contributed by atoms with E-state index in [1.165, 1.54) is 0 Å². The van der Waals surface area contributed by atoms with Crippen molar-refractivity contribution in [3.63, 3.8) is 0 Å². The van der Waals surface area contributed by atoms with Crippen molar-refractivity contribution < 1.29 is 24.0 Å². The van der Waals surface area contributed by atoms with Crippen LogP contribution >= 0.6 is 11.8 Å². The number of hydrogen-bond donors (Lipinski definition) is 5. The van der Waals surface area contributed by atoms with E-state index in [1.807, 2.05) is 48.2 Å². The Hall–Kier alpha value is -3.86. The van der Waals surface area contributed by atoms with Crippen LogP contribution in [0.25, 0.3) is 0 Å². The smallest absolute Gasteiger partial charge is 0.315 e. The molecule has 0 spiro atoms. The second-order valence-corrected chi connectivity index (χ2v) is 12.3. The minimum atomic E-state index is -0.848. The molecule has 0 bridgehead atoms. The highest BCUT2D eigenvalue weighted by Crippen LogP contribution is 2.33. The highest BCUT2D eigenvalue weighted by molar-refractivity contribution is 8.00. The zero-order valence-electron chi connectivity index (χ0n) is 24.3. The first-order chi connectivity index (χ1) is 20.9. The Morgan fingerprint density at radius 2 is 1.67 bits per heavy atom. The average Bonchev–Trinajstić information content (AvgIpc) is 3.58. The first kappa shape index (κ1) is 32.1. The van der Waals surface area contributed by atoms with Crippen LogP contribution in [0.4, 0.5) is 4.79 Å². The number of hydrogen-bond acceptors (Lipinski definition) is 6. The Balaban J connectivity index is 1.13. The number of aldehydes is 1. The highest BCUT2D eigenvalue weighted by atomic mass is 32.2. The molecular weight excluding hydrogens is 566 g/mol. The quantitative estimate of drug-likeness (QED) is 0.106. The molecule has 0 saturated carbocycles. The molecule has 2 aliphatic heterocycles. The minimum absolute atomic E-state index is 0.00550. The molecule has 230 valence electrons. The van der Waals surface area contributed by atoms with Crippen molar-refractivity contribution in [1.82, 2.24) is 26.6 Å². The number of rotatable bonds is 17. The Labute approximate surface area is 256 Å². The largest absolute Gasteiger partial charge is 0.356 e. The first-order valence-electron chi connectivity index (χ1n) is 15.0. The van der Waals surface area contributed by atoms with Gasteiger partial charge in [-0.15, -0.1) is 0 Å². The van der Waals surface area contributed by atoms with E-state index in [2.05, 4.69) is 26.6 Å². The Bertz CT molecular complexity index is 1230. The third-order valence-electron chi connectivity index (χ3n) is 7.78. The van der Waals surface area contributed by atoms with Crippen LogP contribution in [-0.4, -0.2) is 71.8 Å². The van der Waals surface area contributed by atoms with Gasteiger partial charge in [0.1, 0.15) is 12.3 Å². The van der Waals surface area contributed by atoms with Crippen molar-refractivity contribution in [2.45, 2.75) is 80.8 Å². The molecule has 2 aliphatic rings. The predicted molar refractivity (Wildman–Crippen MR) is 167 cm³/mol. The Morgan fingerprint density at radius 3 is 2.42 bits per heavy atom. The maximum absolute atomic E-state index is 13.2. The maximum atomic E-state index is 13.2. The zero-order valence-corrected chi connectivity index (χ0v) is 25.1. The fourth-order valence-electron chi connectivity index (χ4n) is 5.43. The molecule has 43 heavy (non-hydrogen) atoms. The highest BCUT2D eigenvalue weighted by Gasteiger charge is 2.42. The molecule has 0 aliphatic carbocycles. The molecule has 0 aromatic heterocycles. The summed E-state index contributed by atoms with van der Waals surface area (Å²) in [4.78, 5) is 61.5. The fraction of sp³-hybridized carbons (Fsp3) is 0.469. The van der Waals surface area contributed by atoms with Gasteiger partial charge in [-0.1, -0.05) is 55.0 Å². The fourth-order valence-corrected chi connectivity index (χ4v) is 6.97. The number of nitrogens with one attached hydrogen (secondary N) is 5. The van der Waals surface area contributed by atoms with Gasteiger partial charge in [-0.3, -0.25) is 14.4 Å². The Kier molecular flexibility index (Phi) is 12.4. The van der Waals surface area contributed by atoms with Crippen LogP contribution in [0.2, 0.25) is 0 Å². The Morgan fingerprint density at radius 1 is 0.930 bits per heavy atom. The topological polar surface area (TPSA) is 146 Å². The summed E-state index contributed by atoms with van der Waals surface area (Å²) in [5.41, 5.74) is 1.34. The number of unbranched alkanes of at least 4 members (excludes halogenated alkanes) is 2. The van der Waals surface area contributed by atoms with Gasteiger partial charge in [0.15, 0.2) is 0 Å². The molecule has 2 saturated heterocycles. The van der Waals surface area contributed by atoms with Gasteiger partial charge in [0.25, 0.3) is 5.91 Å². The van der Waals surface area contributed by atoms with Crippen LogP contribution in [-0.2, 0) is 20.8 Å². The summed E-state index contributed by atoms with van der Waals surface area (Å²) in [5, 5.41) is 14.9. The summed E-state index contributed by atoms with van der Waals surface area (Å²) in [6.45, 7) is 0.502. The second kappa shape index (κ2) is 16.7. The van der Waals surface area contributed by atoms with Crippen LogP contribution in [0, 0.1) is 0 Å². The van der Waals surface area contributed by atoms with Gasteiger partial charge in [0, 0.05) is 36.0 Å². The van der Waals surface area contributed by atoms with Crippen molar-refractivity contribution in [3.05, 3.63) is 71.8 Å². The van der Waals surface area contributed by atoms with E-state index < -0.39 is 18.0 Å². The van der Waals surface area contributed by atoms with E-state index in [0.29, 0.717) is 49.3 Å². The molecule has 0 unspecified atom stereocenters. The third-order valence-corrected chi connectivity index (χ3v) is 9.29. The summed E-state index contributed by atoms with van der Waals surface area (Å²) in [7, 11) is 0. The minimum Gasteiger partial charge on any atom is -0.356 e. The molecule has 2 heterocycles. The van der Waals surface area contributed by atoms with Crippen LogP contribution in [0.1, 0.15) is 60.9 Å². The zero-order chi connectivity index (χ0) is 30.4. The summed E-state index contributed by atoms with van der Waals surface area (Å²) in [6.07, 6.45) is 5.92. The lowest BCUT2D eigenvalue weighted by Gasteiger charge is -2.21. The lowest BCUT2D eigenvalue weighted by molar-refractivity contribution is -0.125. The monoisotopic (exact) mass is 607 g/mol. The van der Waals surface area contributed by atoms with Crippen LogP contribution < -0.4 is 26.6 Å². The van der Waals surface area contributed by atoms with Gasteiger partial charge in [-0.2, -0.15) is 11.8 Å². The average molecular weight is 608 g/mol. The normalized spacial score (nSPS) is 20.2. The van der Waals surface area contributed by atoms with Crippen LogP contribution in [0.5, 0.6) is 0 Å². The molecule has 4 rings (SSSR count). The van der Waals surface area contributed by atoms with Gasteiger partial charge in [-0.25, -0.2) is 4.79 Å². The molecule has 5 N–H and O–H groups in total. The molecule has 11 heteroatoms. The molecule has 10 nitrogen and oxygen atoms in total. The van der Waals surface area contributed by atoms with E-state index >= 15 is 0 Å². The lowest BCUT2D eigenvalue weighted by atomic mass is 10.0. The summed E-state index contributed by atoms with van der Waals surface area (Å²) >= 11 is 1.88. The number of amides is 5. The number of thioether (sulfide) groups is 1. The molecule has 2 fully saturated rings. The molecular formula is C32H41N5O5S. The lowest BCUT2D eigenvalue weighted by Crippen LogP contribution is -2.51. The van der Waals surface area contributed by atoms with Crippen molar-refractivity contribution in [2.24, 2.45) is 0 Å².